The quantitative estimate of drug-likeness (QED) is 0.410. The zero-order chi connectivity index (χ0) is 25.4. The number of ether oxygens (including phenoxy) is 1. The predicted octanol–water partition coefficient (Wildman–Crippen LogP) is 5.91. The molecule has 5 rings (SSSR count). The molecular formula is C25H25F3N4O3S. The summed E-state index contributed by atoms with van der Waals surface area (Å²) in [6, 6.07) is 6.27. The van der Waals surface area contributed by atoms with Gasteiger partial charge in [-0.15, -0.1) is 11.3 Å². The third-order valence-electron chi connectivity index (χ3n) is 6.56. The number of aryl methyl sites for hydroxylation is 1. The Morgan fingerprint density at radius 3 is 2.69 bits per heavy atom. The van der Waals surface area contributed by atoms with Gasteiger partial charge < -0.3 is 15.4 Å². The molecular weight excluding hydrogens is 493 g/mol. The minimum absolute atomic E-state index is 0.00562. The number of amides is 1. The van der Waals surface area contributed by atoms with Gasteiger partial charge in [0.25, 0.3) is 5.91 Å². The molecule has 0 radical (unpaired) electrons. The van der Waals surface area contributed by atoms with Gasteiger partial charge in [0.15, 0.2) is 6.04 Å². The molecule has 190 valence electrons. The fourth-order valence-corrected chi connectivity index (χ4v) is 6.15. The first-order valence-electron chi connectivity index (χ1n) is 11.9. The average Bonchev–Trinajstić information content (AvgIpc) is 3.44. The number of rotatable bonds is 5. The van der Waals surface area contributed by atoms with E-state index >= 15 is 0 Å². The molecule has 11 heteroatoms. The molecule has 0 fully saturated rings. The molecule has 0 saturated carbocycles. The number of carbonyl (C=O) groups is 2. The third kappa shape index (κ3) is 4.47. The normalized spacial score (nSPS) is 19.1. The smallest absolute Gasteiger partial charge is 0.410 e. The van der Waals surface area contributed by atoms with Gasteiger partial charge in [-0.05, 0) is 43.7 Å². The van der Waals surface area contributed by atoms with Crippen molar-refractivity contribution < 1.29 is 27.5 Å². The maximum absolute atomic E-state index is 14.0. The molecule has 1 aliphatic heterocycles. The molecule has 2 atom stereocenters. The molecule has 2 aliphatic rings. The summed E-state index contributed by atoms with van der Waals surface area (Å²) in [5.41, 5.74) is 1.89. The van der Waals surface area contributed by atoms with Gasteiger partial charge in [0.05, 0.1) is 24.4 Å². The van der Waals surface area contributed by atoms with E-state index in [0.29, 0.717) is 22.5 Å². The number of alkyl halides is 3. The van der Waals surface area contributed by atoms with E-state index < -0.39 is 30.1 Å². The van der Waals surface area contributed by atoms with Crippen molar-refractivity contribution in [2.45, 2.75) is 57.3 Å². The van der Waals surface area contributed by atoms with Crippen LogP contribution in [0.2, 0.25) is 0 Å². The first kappa shape index (κ1) is 24.4. The van der Waals surface area contributed by atoms with E-state index in [2.05, 4.69) is 15.7 Å². The number of halogens is 3. The van der Waals surface area contributed by atoms with E-state index in [4.69, 9.17) is 4.74 Å². The van der Waals surface area contributed by atoms with Crippen LogP contribution in [0.25, 0.3) is 0 Å². The van der Waals surface area contributed by atoms with Gasteiger partial charge in [0.1, 0.15) is 16.4 Å². The van der Waals surface area contributed by atoms with Crippen LogP contribution in [-0.4, -0.2) is 34.4 Å². The van der Waals surface area contributed by atoms with Gasteiger partial charge in [-0.3, -0.25) is 4.79 Å². The van der Waals surface area contributed by atoms with E-state index in [1.165, 1.54) is 11.3 Å². The van der Waals surface area contributed by atoms with Crippen molar-refractivity contribution in [1.82, 2.24) is 9.78 Å². The maximum atomic E-state index is 14.0. The first-order valence-corrected chi connectivity index (χ1v) is 12.7. The Morgan fingerprint density at radius 2 is 1.97 bits per heavy atom. The molecule has 2 N–H and O–H groups in total. The second-order valence-electron chi connectivity index (χ2n) is 8.84. The van der Waals surface area contributed by atoms with Crippen LogP contribution in [0.3, 0.4) is 0 Å². The van der Waals surface area contributed by atoms with Crippen molar-refractivity contribution in [3.8, 4) is 0 Å². The molecule has 1 amide bonds. The van der Waals surface area contributed by atoms with E-state index in [1.807, 2.05) is 0 Å². The van der Waals surface area contributed by atoms with Crippen molar-refractivity contribution in [3.05, 3.63) is 63.7 Å². The fourth-order valence-electron chi connectivity index (χ4n) is 4.88. The van der Waals surface area contributed by atoms with E-state index in [-0.39, 0.29) is 24.4 Å². The number of anilines is 2. The van der Waals surface area contributed by atoms with E-state index in [9.17, 15) is 22.8 Å². The minimum atomic E-state index is -4.55. The number of nitrogens with zero attached hydrogens (tertiary/aromatic N) is 2. The Morgan fingerprint density at radius 1 is 1.22 bits per heavy atom. The van der Waals surface area contributed by atoms with Crippen molar-refractivity contribution >= 4 is 34.0 Å². The van der Waals surface area contributed by atoms with Gasteiger partial charge in [-0.1, -0.05) is 30.3 Å². The molecule has 3 heterocycles. The summed E-state index contributed by atoms with van der Waals surface area (Å²) < 4.78 is 48.0. The lowest BCUT2D eigenvalue weighted by molar-refractivity contribution is -0.173. The lowest BCUT2D eigenvalue weighted by Gasteiger charge is -2.34. The molecule has 2 unspecified atom stereocenters. The lowest BCUT2D eigenvalue weighted by Crippen LogP contribution is -2.36. The Labute approximate surface area is 209 Å². The molecule has 1 aromatic carbocycles. The van der Waals surface area contributed by atoms with E-state index in [1.54, 1.807) is 37.3 Å². The highest BCUT2D eigenvalue weighted by molar-refractivity contribution is 7.17. The summed E-state index contributed by atoms with van der Waals surface area (Å²) in [6.07, 6.45) is -0.220. The molecule has 0 saturated heterocycles. The largest absolute Gasteiger partial charge is 0.462 e. The summed E-state index contributed by atoms with van der Waals surface area (Å²) in [7, 11) is 0. The summed E-state index contributed by atoms with van der Waals surface area (Å²) in [6.45, 7) is 1.90. The molecule has 36 heavy (non-hydrogen) atoms. The topological polar surface area (TPSA) is 85.2 Å². The zero-order valence-electron chi connectivity index (χ0n) is 19.5. The summed E-state index contributed by atoms with van der Waals surface area (Å²) in [4.78, 5) is 27.1. The Kier molecular flexibility index (Phi) is 6.50. The highest BCUT2D eigenvalue weighted by Crippen LogP contribution is 2.45. The number of fused-ring (bicyclic) bond motifs is 2. The van der Waals surface area contributed by atoms with Crippen LogP contribution in [0.15, 0.2) is 36.5 Å². The van der Waals surface area contributed by atoms with Crippen molar-refractivity contribution in [2.75, 3.05) is 17.2 Å². The number of aromatic nitrogens is 2. The number of esters is 1. The van der Waals surface area contributed by atoms with Crippen LogP contribution in [-0.2, 0) is 17.6 Å². The Hall–Kier alpha value is -3.34. The highest BCUT2D eigenvalue weighted by Gasteiger charge is 2.47. The summed E-state index contributed by atoms with van der Waals surface area (Å²) in [5, 5.41) is 10.1. The molecule has 3 aromatic rings. The number of nitrogens with one attached hydrogen (secondary N) is 2. The number of benzene rings is 1. The van der Waals surface area contributed by atoms with Gasteiger partial charge in [0, 0.05) is 11.3 Å². The number of carbonyl (C=O) groups excluding carboxylic acids is 2. The Balaban J connectivity index is 1.49. The van der Waals surface area contributed by atoms with Crippen LogP contribution in [0.1, 0.15) is 75.0 Å². The van der Waals surface area contributed by atoms with Gasteiger partial charge in [-0.25, -0.2) is 9.48 Å². The van der Waals surface area contributed by atoms with E-state index in [0.717, 1.165) is 40.6 Å². The minimum Gasteiger partial charge on any atom is -0.462 e. The van der Waals surface area contributed by atoms with Crippen molar-refractivity contribution in [1.29, 1.82) is 0 Å². The van der Waals surface area contributed by atoms with Crippen molar-refractivity contribution in [3.63, 3.8) is 0 Å². The molecule has 0 spiro atoms. The van der Waals surface area contributed by atoms with Crippen LogP contribution in [0.4, 0.5) is 24.0 Å². The second-order valence-corrected chi connectivity index (χ2v) is 9.95. The second kappa shape index (κ2) is 9.61. The Bertz CT molecular complexity index is 1290. The molecule has 1 aliphatic carbocycles. The SMILES string of the molecule is CCOC(=O)c1c(NC(=O)c2cnn3c2NC(c2ccccc2)CC3C(F)(F)F)sc2c1CCCC2. The first-order chi connectivity index (χ1) is 17.3. The number of hydrogen-bond acceptors (Lipinski definition) is 6. The lowest BCUT2D eigenvalue weighted by atomic mass is 9.95. The monoisotopic (exact) mass is 518 g/mol. The van der Waals surface area contributed by atoms with Gasteiger partial charge in [-0.2, -0.15) is 18.3 Å². The number of hydrogen-bond donors (Lipinski definition) is 2. The fraction of sp³-hybridized carbons (Fsp3) is 0.400. The molecule has 2 aromatic heterocycles. The zero-order valence-corrected chi connectivity index (χ0v) is 20.3. The van der Waals surface area contributed by atoms with Crippen LogP contribution >= 0.6 is 11.3 Å². The van der Waals surface area contributed by atoms with Crippen LogP contribution < -0.4 is 10.6 Å². The predicted molar refractivity (Wildman–Crippen MR) is 130 cm³/mol. The standard InChI is InChI=1S/C25H25F3N4O3S/c1-2-35-24(34)20-15-10-6-7-11-18(15)36-23(20)31-22(33)16-13-29-32-19(25(26,27)28)12-17(30-21(16)32)14-8-4-3-5-9-14/h3-5,8-9,13,17,19,30H,2,6-7,10-12H2,1H3,(H,31,33). The average molecular weight is 519 g/mol. The third-order valence-corrected chi connectivity index (χ3v) is 7.77. The number of thiophene rings is 1. The summed E-state index contributed by atoms with van der Waals surface area (Å²) >= 11 is 1.32. The molecule has 0 bridgehead atoms. The molecule has 7 nitrogen and oxygen atoms in total. The van der Waals surface area contributed by atoms with Crippen molar-refractivity contribution in [2.24, 2.45) is 0 Å². The van der Waals surface area contributed by atoms with Crippen LogP contribution in [0.5, 0.6) is 0 Å². The van der Waals surface area contributed by atoms with Gasteiger partial charge >= 0.3 is 12.1 Å². The van der Waals surface area contributed by atoms with Gasteiger partial charge in [0.2, 0.25) is 0 Å². The maximum Gasteiger partial charge on any atom is 0.410 e. The highest BCUT2D eigenvalue weighted by atomic mass is 32.1. The van der Waals surface area contributed by atoms with Crippen LogP contribution in [0, 0.1) is 0 Å². The summed E-state index contributed by atoms with van der Waals surface area (Å²) in [5.74, 6) is -1.15.